The summed E-state index contributed by atoms with van der Waals surface area (Å²) in [5.41, 5.74) is 0.872. The summed E-state index contributed by atoms with van der Waals surface area (Å²) in [7, 11) is 2.22. The highest BCUT2D eigenvalue weighted by molar-refractivity contribution is 9.10. The van der Waals surface area contributed by atoms with Gasteiger partial charge in [-0.2, -0.15) is 0 Å². The Morgan fingerprint density at radius 2 is 2.00 bits per heavy atom. The fourth-order valence-electron chi connectivity index (χ4n) is 4.37. The summed E-state index contributed by atoms with van der Waals surface area (Å²) < 4.78 is 2.81. The molecule has 0 saturated carbocycles. The highest BCUT2D eigenvalue weighted by atomic mass is 79.9. The molecule has 0 N–H and O–H groups in total. The molecule has 2 aromatic rings. The van der Waals surface area contributed by atoms with E-state index in [9.17, 15) is 4.79 Å². The van der Waals surface area contributed by atoms with Crippen LogP contribution in [0.15, 0.2) is 27.5 Å². The number of benzene rings is 1. The summed E-state index contributed by atoms with van der Waals surface area (Å²) in [5, 5.41) is 0.692. The van der Waals surface area contributed by atoms with E-state index in [1.807, 2.05) is 29.7 Å². The van der Waals surface area contributed by atoms with Crippen LogP contribution in [0, 0.1) is 5.92 Å². The number of aromatic nitrogens is 2. The quantitative estimate of drug-likeness (QED) is 0.660. The number of fused-ring (bicyclic) bond motifs is 1. The van der Waals surface area contributed by atoms with Crippen molar-refractivity contribution >= 4 is 26.8 Å². The summed E-state index contributed by atoms with van der Waals surface area (Å²) >= 11 is 3.49. The van der Waals surface area contributed by atoms with Gasteiger partial charge >= 0.3 is 0 Å². The predicted molar refractivity (Wildman–Crippen MR) is 120 cm³/mol. The van der Waals surface area contributed by atoms with Gasteiger partial charge in [0.2, 0.25) is 0 Å². The number of nitrogens with zero attached hydrogens (tertiary/aromatic N) is 4. The van der Waals surface area contributed by atoms with Crippen LogP contribution in [0.3, 0.4) is 0 Å². The Bertz CT molecular complexity index is 865. The Kier molecular flexibility index (Phi) is 7.29. The van der Waals surface area contributed by atoms with Crippen molar-refractivity contribution in [3.63, 3.8) is 0 Å². The minimum atomic E-state index is 0.0730. The van der Waals surface area contributed by atoms with E-state index < -0.39 is 0 Å². The highest BCUT2D eigenvalue weighted by Gasteiger charge is 2.29. The first-order valence-electron chi connectivity index (χ1n) is 10.6. The average Bonchev–Trinajstić information content (AvgIpc) is 2.88. The maximum absolute atomic E-state index is 13.2. The molecule has 0 amide bonds. The number of rotatable bonds is 6. The van der Waals surface area contributed by atoms with Crippen LogP contribution in [-0.2, 0) is 6.54 Å². The van der Waals surface area contributed by atoms with Gasteiger partial charge in [-0.05, 0) is 44.5 Å². The summed E-state index contributed by atoms with van der Waals surface area (Å²) in [6.45, 7) is 11.5. The molecule has 1 aromatic carbocycles. The Morgan fingerprint density at radius 3 is 2.68 bits per heavy atom. The zero-order valence-corrected chi connectivity index (χ0v) is 19.2. The fraction of sp³-hybridized carbons (Fsp3) is 0.636. The van der Waals surface area contributed by atoms with Crippen LogP contribution in [0.1, 0.15) is 51.9 Å². The maximum atomic E-state index is 13.2. The molecule has 1 aromatic heterocycles. The van der Waals surface area contributed by atoms with Gasteiger partial charge in [-0.3, -0.25) is 14.3 Å². The van der Waals surface area contributed by atoms with E-state index in [0.717, 1.165) is 54.8 Å². The van der Waals surface area contributed by atoms with Crippen molar-refractivity contribution < 1.29 is 0 Å². The molecule has 0 spiro atoms. The maximum Gasteiger partial charge on any atom is 0.261 e. The highest BCUT2D eigenvalue weighted by Crippen LogP contribution is 2.28. The Morgan fingerprint density at radius 1 is 1.21 bits per heavy atom. The monoisotopic (exact) mass is 448 g/mol. The lowest BCUT2D eigenvalue weighted by atomic mass is 10.0. The van der Waals surface area contributed by atoms with Gasteiger partial charge in [0, 0.05) is 37.2 Å². The Hall–Kier alpha value is -1.24. The number of hydrogen-bond donors (Lipinski definition) is 0. The van der Waals surface area contributed by atoms with Crippen molar-refractivity contribution in [1.29, 1.82) is 0 Å². The predicted octanol–water partition coefficient (Wildman–Crippen LogP) is 4.29. The molecular weight excluding hydrogens is 416 g/mol. The molecule has 1 saturated heterocycles. The smallest absolute Gasteiger partial charge is 0.261 e. The van der Waals surface area contributed by atoms with Crippen LogP contribution in [-0.4, -0.2) is 52.6 Å². The third-order valence-electron chi connectivity index (χ3n) is 5.97. The van der Waals surface area contributed by atoms with Crippen molar-refractivity contribution in [2.45, 2.75) is 52.6 Å². The van der Waals surface area contributed by atoms with Crippen LogP contribution in [0.4, 0.5) is 0 Å². The van der Waals surface area contributed by atoms with E-state index in [1.165, 1.54) is 6.42 Å². The van der Waals surface area contributed by atoms with Crippen molar-refractivity contribution in [2.75, 3.05) is 33.2 Å². The van der Waals surface area contributed by atoms with Gasteiger partial charge in [0.25, 0.3) is 5.56 Å². The summed E-state index contributed by atoms with van der Waals surface area (Å²) in [4.78, 5) is 23.3. The van der Waals surface area contributed by atoms with Crippen LogP contribution in [0.5, 0.6) is 0 Å². The summed E-state index contributed by atoms with van der Waals surface area (Å²) in [5.74, 6) is 1.59. The molecular formula is C22H33BrN4O. The lowest BCUT2D eigenvalue weighted by molar-refractivity contribution is 0.163. The second-order valence-corrected chi connectivity index (χ2v) is 8.93. The van der Waals surface area contributed by atoms with Gasteiger partial charge in [-0.25, -0.2) is 4.98 Å². The van der Waals surface area contributed by atoms with Crippen LogP contribution in [0.25, 0.3) is 10.9 Å². The first-order valence-corrected chi connectivity index (χ1v) is 11.4. The lowest BCUT2D eigenvalue weighted by Gasteiger charge is -2.33. The molecule has 0 aliphatic carbocycles. The molecule has 0 radical (unpaired) electrons. The van der Waals surface area contributed by atoms with E-state index in [2.05, 4.69) is 46.6 Å². The minimum absolute atomic E-state index is 0.0730. The van der Waals surface area contributed by atoms with Gasteiger partial charge in [-0.15, -0.1) is 0 Å². The van der Waals surface area contributed by atoms with E-state index >= 15 is 0 Å². The SMILES string of the molecule is CCC[C@@H](c1nc2ccc(Br)cc2c(=O)n1CC)N1CCN(C)C[C@H](CC)C1. The van der Waals surface area contributed by atoms with Crippen LogP contribution >= 0.6 is 15.9 Å². The van der Waals surface area contributed by atoms with Crippen LogP contribution < -0.4 is 5.56 Å². The zero-order valence-electron chi connectivity index (χ0n) is 17.6. The largest absolute Gasteiger partial charge is 0.305 e. The second-order valence-electron chi connectivity index (χ2n) is 8.02. The average molecular weight is 449 g/mol. The molecule has 154 valence electrons. The number of hydrogen-bond acceptors (Lipinski definition) is 4. The van der Waals surface area contributed by atoms with Crippen molar-refractivity contribution in [2.24, 2.45) is 5.92 Å². The standard InChI is InChI=1S/C22H33BrN4O/c1-5-8-20(26-12-11-25(4)14-16(6-2)15-26)21-24-19-10-9-17(23)13-18(19)22(28)27(21)7-3/h9-10,13,16,20H,5-8,11-12,14-15H2,1-4H3/t16-,20-/m0/s1. The first kappa shape index (κ1) is 21.5. The van der Waals surface area contributed by atoms with Crippen molar-refractivity contribution in [1.82, 2.24) is 19.4 Å². The molecule has 5 nitrogen and oxygen atoms in total. The Balaban J connectivity index is 2.09. The van der Waals surface area contributed by atoms with E-state index in [-0.39, 0.29) is 11.6 Å². The molecule has 1 aliphatic heterocycles. The van der Waals surface area contributed by atoms with Gasteiger partial charge < -0.3 is 4.90 Å². The fourth-order valence-corrected chi connectivity index (χ4v) is 4.73. The number of halogens is 1. The van der Waals surface area contributed by atoms with Crippen molar-refractivity contribution in [3.8, 4) is 0 Å². The third kappa shape index (κ3) is 4.50. The second kappa shape index (κ2) is 9.51. The first-order chi connectivity index (χ1) is 13.5. The van der Waals surface area contributed by atoms with Gasteiger partial charge in [-0.1, -0.05) is 42.6 Å². The van der Waals surface area contributed by atoms with Gasteiger partial charge in [0.05, 0.1) is 16.9 Å². The van der Waals surface area contributed by atoms with E-state index in [4.69, 9.17) is 4.98 Å². The number of likely N-dealkylation sites (N-methyl/N-ethyl adjacent to an activating group) is 1. The van der Waals surface area contributed by atoms with Gasteiger partial charge in [0.1, 0.15) is 5.82 Å². The zero-order chi connectivity index (χ0) is 20.3. The minimum Gasteiger partial charge on any atom is -0.305 e. The summed E-state index contributed by atoms with van der Waals surface area (Å²) in [6, 6.07) is 6.01. The lowest BCUT2D eigenvalue weighted by Crippen LogP contribution is -2.38. The molecule has 1 aliphatic rings. The van der Waals surface area contributed by atoms with E-state index in [0.29, 0.717) is 17.8 Å². The van der Waals surface area contributed by atoms with Gasteiger partial charge in [0.15, 0.2) is 0 Å². The summed E-state index contributed by atoms with van der Waals surface area (Å²) in [6.07, 6.45) is 3.28. The molecule has 3 rings (SSSR count). The molecule has 2 heterocycles. The topological polar surface area (TPSA) is 41.4 Å². The molecule has 28 heavy (non-hydrogen) atoms. The Labute approximate surface area is 176 Å². The molecule has 1 fully saturated rings. The molecule has 2 atom stereocenters. The molecule has 0 bridgehead atoms. The third-order valence-corrected chi connectivity index (χ3v) is 6.46. The molecule has 6 heteroatoms. The van der Waals surface area contributed by atoms with Crippen molar-refractivity contribution in [3.05, 3.63) is 38.9 Å². The molecule has 0 unspecified atom stereocenters. The van der Waals surface area contributed by atoms with Crippen LogP contribution in [0.2, 0.25) is 0 Å². The normalized spacial score (nSPS) is 20.4. The van der Waals surface area contributed by atoms with E-state index in [1.54, 1.807) is 0 Å².